The van der Waals surface area contributed by atoms with E-state index in [2.05, 4.69) is 54.9 Å². The van der Waals surface area contributed by atoms with Gasteiger partial charge in [-0.3, -0.25) is 0 Å². The smallest absolute Gasteiger partial charge is 0.0732 e. The van der Waals surface area contributed by atoms with Crippen molar-refractivity contribution in [2.24, 2.45) is 5.73 Å². The van der Waals surface area contributed by atoms with Crippen LogP contribution in [0.4, 0.5) is 0 Å². The first-order valence-electron chi connectivity index (χ1n) is 5.08. The lowest BCUT2D eigenvalue weighted by Crippen LogP contribution is -1.98. The van der Waals surface area contributed by atoms with Gasteiger partial charge in [0.15, 0.2) is 0 Å². The Hall–Kier alpha value is -1.54. The molecule has 0 aliphatic heterocycles. The Morgan fingerprint density at radius 1 is 1.20 bits per heavy atom. The third-order valence-electron chi connectivity index (χ3n) is 2.50. The van der Waals surface area contributed by atoms with Gasteiger partial charge in [-0.2, -0.15) is 0 Å². The van der Waals surface area contributed by atoms with Crippen LogP contribution in [0.15, 0.2) is 30.3 Å². The highest BCUT2D eigenvalue weighted by Gasteiger charge is 2.01. The summed E-state index contributed by atoms with van der Waals surface area (Å²) in [6.07, 6.45) is 3.28. The van der Waals surface area contributed by atoms with Gasteiger partial charge in [-0.1, -0.05) is 12.1 Å². The number of hydrogen-bond donors (Lipinski definition) is 1. The van der Waals surface area contributed by atoms with E-state index in [4.69, 9.17) is 5.73 Å². The van der Waals surface area contributed by atoms with Crippen molar-refractivity contribution in [1.82, 2.24) is 4.57 Å². The highest BCUT2D eigenvalue weighted by molar-refractivity contribution is 5.38. The van der Waals surface area contributed by atoms with Crippen LogP contribution >= 0.6 is 0 Å². The molecular formula is C13H15N2. The minimum absolute atomic E-state index is 0.591. The lowest BCUT2D eigenvalue weighted by Gasteiger charge is -2.06. The molecule has 1 radical (unpaired) electrons. The van der Waals surface area contributed by atoms with Crippen LogP contribution in [0, 0.1) is 20.0 Å². The molecule has 1 aromatic heterocycles. The lowest BCUT2D eigenvalue weighted by molar-refractivity contribution is 0.995. The van der Waals surface area contributed by atoms with Crippen molar-refractivity contribution in [3.05, 3.63) is 53.3 Å². The van der Waals surface area contributed by atoms with E-state index < -0.39 is 0 Å². The molecule has 0 saturated heterocycles. The van der Waals surface area contributed by atoms with Gasteiger partial charge in [-0.15, -0.1) is 0 Å². The van der Waals surface area contributed by atoms with E-state index in [0.29, 0.717) is 6.54 Å². The minimum Gasteiger partial charge on any atom is -0.326 e. The monoisotopic (exact) mass is 199 g/mol. The second-order valence-corrected chi connectivity index (χ2v) is 3.79. The highest BCUT2D eigenvalue weighted by Crippen LogP contribution is 2.14. The molecule has 2 N–H and O–H groups in total. The largest absolute Gasteiger partial charge is 0.326 e. The molecular weight excluding hydrogens is 184 g/mol. The fourth-order valence-electron chi connectivity index (χ4n) is 1.72. The third-order valence-corrected chi connectivity index (χ3v) is 2.50. The number of aromatic nitrogens is 1. The van der Waals surface area contributed by atoms with Crippen molar-refractivity contribution in [2.75, 3.05) is 0 Å². The third kappa shape index (κ3) is 1.95. The van der Waals surface area contributed by atoms with Gasteiger partial charge in [0, 0.05) is 17.9 Å². The Morgan fingerprint density at radius 3 is 2.33 bits per heavy atom. The van der Waals surface area contributed by atoms with Crippen LogP contribution in [-0.2, 0) is 6.54 Å². The normalized spacial score (nSPS) is 10.6. The van der Waals surface area contributed by atoms with Crippen molar-refractivity contribution in [3.63, 3.8) is 0 Å². The van der Waals surface area contributed by atoms with Gasteiger partial charge in [0.2, 0.25) is 0 Å². The van der Waals surface area contributed by atoms with E-state index in [0.717, 1.165) is 16.8 Å². The van der Waals surface area contributed by atoms with Crippen molar-refractivity contribution >= 4 is 0 Å². The Bertz CT molecular complexity index is 452. The first kappa shape index (κ1) is 9.99. The topological polar surface area (TPSA) is 30.9 Å². The number of rotatable bonds is 2. The van der Waals surface area contributed by atoms with Crippen LogP contribution in [0.25, 0.3) is 5.69 Å². The van der Waals surface area contributed by atoms with Crippen LogP contribution in [0.2, 0.25) is 0 Å². The van der Waals surface area contributed by atoms with Crippen LogP contribution in [0.5, 0.6) is 0 Å². The highest BCUT2D eigenvalue weighted by atomic mass is 15.0. The molecule has 0 atom stereocenters. The summed E-state index contributed by atoms with van der Waals surface area (Å²) in [4.78, 5) is 0. The van der Waals surface area contributed by atoms with E-state index in [1.165, 1.54) is 5.69 Å². The molecule has 0 amide bonds. The molecule has 2 aromatic rings. The Morgan fingerprint density at radius 2 is 1.87 bits per heavy atom. The second kappa shape index (κ2) is 3.91. The van der Waals surface area contributed by atoms with Gasteiger partial charge < -0.3 is 10.3 Å². The summed E-state index contributed by atoms with van der Waals surface area (Å²) in [6.45, 7) is 4.73. The number of nitrogens with zero attached hydrogens (tertiary/aromatic N) is 1. The first-order valence-corrected chi connectivity index (χ1v) is 5.08. The second-order valence-electron chi connectivity index (χ2n) is 3.79. The fourth-order valence-corrected chi connectivity index (χ4v) is 1.72. The summed E-state index contributed by atoms with van der Waals surface area (Å²) < 4.78 is 2.07. The molecule has 0 saturated carbocycles. The van der Waals surface area contributed by atoms with E-state index in [9.17, 15) is 0 Å². The van der Waals surface area contributed by atoms with Crippen molar-refractivity contribution < 1.29 is 0 Å². The number of nitrogens with two attached hydrogens (primary N) is 1. The zero-order valence-electron chi connectivity index (χ0n) is 9.12. The first-order chi connectivity index (χ1) is 7.20. The summed E-state index contributed by atoms with van der Waals surface area (Å²) in [6, 6.07) is 10.4. The Balaban J connectivity index is 2.41. The number of hydrogen-bond acceptors (Lipinski definition) is 1. The maximum Gasteiger partial charge on any atom is 0.0732 e. The van der Waals surface area contributed by atoms with Crippen LogP contribution in [-0.4, -0.2) is 4.57 Å². The van der Waals surface area contributed by atoms with Gasteiger partial charge in [-0.05, 0) is 43.2 Å². The molecule has 0 bridgehead atoms. The molecule has 0 spiro atoms. The molecule has 2 rings (SSSR count). The quantitative estimate of drug-likeness (QED) is 0.790. The minimum atomic E-state index is 0.591. The lowest BCUT2D eigenvalue weighted by atomic mass is 10.2. The summed E-state index contributed by atoms with van der Waals surface area (Å²) in [7, 11) is 0. The van der Waals surface area contributed by atoms with Crippen LogP contribution < -0.4 is 5.73 Å². The molecule has 77 valence electrons. The molecule has 2 nitrogen and oxygen atoms in total. The molecule has 2 heteroatoms. The molecule has 15 heavy (non-hydrogen) atoms. The van der Waals surface area contributed by atoms with Gasteiger partial charge in [0.05, 0.1) is 6.20 Å². The molecule has 0 aliphatic carbocycles. The number of aryl methyl sites for hydroxylation is 2. The van der Waals surface area contributed by atoms with Gasteiger partial charge in [0.25, 0.3) is 0 Å². The average molecular weight is 199 g/mol. The van der Waals surface area contributed by atoms with Gasteiger partial charge >= 0.3 is 0 Å². The average Bonchev–Trinajstić information content (AvgIpc) is 2.58. The summed E-state index contributed by atoms with van der Waals surface area (Å²) in [5, 5.41) is 0. The number of benzene rings is 1. The van der Waals surface area contributed by atoms with Gasteiger partial charge in [-0.25, -0.2) is 0 Å². The molecule has 0 aliphatic rings. The standard InChI is InChI=1S/C13H15N2/c1-10-7-11(2)15(9-10)13-5-3-12(8-14)4-6-13/h3-7H,8,14H2,1-2H3. The fraction of sp³-hybridized carbons (Fsp3) is 0.231. The zero-order chi connectivity index (χ0) is 10.8. The molecule has 0 fully saturated rings. The van der Waals surface area contributed by atoms with Crippen molar-refractivity contribution in [2.45, 2.75) is 20.4 Å². The van der Waals surface area contributed by atoms with Crippen molar-refractivity contribution in [1.29, 1.82) is 0 Å². The Kier molecular flexibility index (Phi) is 2.60. The maximum absolute atomic E-state index is 5.56. The summed E-state index contributed by atoms with van der Waals surface area (Å²) in [5.74, 6) is 0. The predicted molar refractivity (Wildman–Crippen MR) is 62.0 cm³/mol. The van der Waals surface area contributed by atoms with E-state index >= 15 is 0 Å². The summed E-state index contributed by atoms with van der Waals surface area (Å²) >= 11 is 0. The van der Waals surface area contributed by atoms with E-state index in [1.807, 2.05) is 0 Å². The van der Waals surface area contributed by atoms with E-state index in [-0.39, 0.29) is 0 Å². The maximum atomic E-state index is 5.56. The van der Waals surface area contributed by atoms with Crippen molar-refractivity contribution in [3.8, 4) is 5.69 Å². The van der Waals surface area contributed by atoms with E-state index in [1.54, 1.807) is 0 Å². The Labute approximate surface area is 90.3 Å². The van der Waals surface area contributed by atoms with Crippen LogP contribution in [0.3, 0.4) is 0 Å². The van der Waals surface area contributed by atoms with Crippen LogP contribution in [0.1, 0.15) is 16.8 Å². The zero-order valence-corrected chi connectivity index (χ0v) is 9.12. The molecule has 1 aromatic carbocycles. The molecule has 1 heterocycles. The SMILES string of the molecule is Cc1[c]n(-c2ccc(CN)cc2)c(C)c1. The molecule has 0 unspecified atom stereocenters. The predicted octanol–water partition coefficient (Wildman–Crippen LogP) is 2.35. The summed E-state index contributed by atoms with van der Waals surface area (Å²) in [5.41, 5.74) is 10.2. The van der Waals surface area contributed by atoms with Gasteiger partial charge in [0.1, 0.15) is 0 Å².